The van der Waals surface area contributed by atoms with Crippen LogP contribution >= 0.6 is 0 Å². The molecule has 2 atom stereocenters. The van der Waals surface area contributed by atoms with Gasteiger partial charge in [-0.2, -0.15) is 13.2 Å². The number of alkyl halides is 3. The predicted molar refractivity (Wildman–Crippen MR) is 47.4 cm³/mol. The van der Waals surface area contributed by atoms with Crippen LogP contribution in [0.1, 0.15) is 19.8 Å². The van der Waals surface area contributed by atoms with Crippen LogP contribution in [-0.2, 0) is 4.79 Å². The van der Waals surface area contributed by atoms with Crippen LogP contribution < -0.4 is 0 Å². The zero-order chi connectivity index (χ0) is 11.6. The molecule has 0 saturated carbocycles. The van der Waals surface area contributed by atoms with Crippen molar-refractivity contribution in [1.82, 2.24) is 4.90 Å². The number of carboxylic acids is 1. The lowest BCUT2D eigenvalue weighted by Gasteiger charge is -2.37. The molecular weight excluding hydrogens is 211 g/mol. The van der Waals surface area contributed by atoms with Crippen molar-refractivity contribution < 1.29 is 23.1 Å². The smallest absolute Gasteiger partial charge is 0.401 e. The largest absolute Gasteiger partial charge is 0.481 e. The number of piperidine rings is 1. The van der Waals surface area contributed by atoms with Gasteiger partial charge in [-0.25, -0.2) is 0 Å². The Kier molecular flexibility index (Phi) is 3.59. The van der Waals surface area contributed by atoms with Crippen molar-refractivity contribution in [2.75, 3.05) is 13.1 Å². The van der Waals surface area contributed by atoms with Gasteiger partial charge in [0, 0.05) is 6.04 Å². The standard InChI is InChI=1S/C9H14F3NO2/c1-6-7(8(14)15)3-2-4-13(6)5-9(10,11)12/h6-7H,2-5H2,1H3,(H,14,15). The Morgan fingerprint density at radius 1 is 1.53 bits per heavy atom. The van der Waals surface area contributed by atoms with Gasteiger partial charge in [0.15, 0.2) is 0 Å². The molecular formula is C9H14F3NO2. The molecule has 1 rings (SSSR count). The maximum atomic E-state index is 12.2. The molecule has 1 aliphatic heterocycles. The Hall–Kier alpha value is -0.780. The lowest BCUT2D eigenvalue weighted by atomic mass is 9.90. The van der Waals surface area contributed by atoms with Gasteiger partial charge >= 0.3 is 12.1 Å². The molecule has 0 aromatic carbocycles. The number of hydrogen-bond acceptors (Lipinski definition) is 2. The van der Waals surface area contributed by atoms with E-state index in [9.17, 15) is 18.0 Å². The molecule has 1 fully saturated rings. The Morgan fingerprint density at radius 3 is 2.60 bits per heavy atom. The summed E-state index contributed by atoms with van der Waals surface area (Å²) in [7, 11) is 0. The second-order valence-corrected chi connectivity index (χ2v) is 3.91. The topological polar surface area (TPSA) is 40.5 Å². The first-order valence-corrected chi connectivity index (χ1v) is 4.85. The monoisotopic (exact) mass is 225 g/mol. The van der Waals surface area contributed by atoms with Crippen molar-refractivity contribution >= 4 is 5.97 Å². The molecule has 6 heteroatoms. The van der Waals surface area contributed by atoms with Gasteiger partial charge < -0.3 is 5.11 Å². The van der Waals surface area contributed by atoms with E-state index in [-0.39, 0.29) is 0 Å². The lowest BCUT2D eigenvalue weighted by Crippen LogP contribution is -2.49. The quantitative estimate of drug-likeness (QED) is 0.778. The van der Waals surface area contributed by atoms with E-state index >= 15 is 0 Å². The zero-order valence-electron chi connectivity index (χ0n) is 8.42. The highest BCUT2D eigenvalue weighted by Gasteiger charge is 2.38. The van der Waals surface area contributed by atoms with Crippen molar-refractivity contribution in [3.8, 4) is 0 Å². The molecule has 2 unspecified atom stereocenters. The van der Waals surface area contributed by atoms with Gasteiger partial charge in [0.05, 0.1) is 12.5 Å². The van der Waals surface area contributed by atoms with E-state index in [4.69, 9.17) is 5.11 Å². The van der Waals surface area contributed by atoms with Crippen LogP contribution in [0.2, 0.25) is 0 Å². The van der Waals surface area contributed by atoms with Crippen LogP contribution in [0.15, 0.2) is 0 Å². The van der Waals surface area contributed by atoms with Crippen LogP contribution in [0, 0.1) is 5.92 Å². The van der Waals surface area contributed by atoms with E-state index in [1.54, 1.807) is 6.92 Å². The maximum absolute atomic E-state index is 12.2. The highest BCUT2D eigenvalue weighted by molar-refractivity contribution is 5.70. The fourth-order valence-corrected chi connectivity index (χ4v) is 2.00. The van der Waals surface area contributed by atoms with Gasteiger partial charge in [-0.05, 0) is 26.3 Å². The molecule has 1 aliphatic rings. The van der Waals surface area contributed by atoms with E-state index in [1.807, 2.05) is 0 Å². The fraction of sp³-hybridized carbons (Fsp3) is 0.889. The summed E-state index contributed by atoms with van der Waals surface area (Å²) in [5, 5.41) is 8.82. The van der Waals surface area contributed by atoms with E-state index in [0.29, 0.717) is 19.4 Å². The molecule has 0 amide bonds. The Balaban J connectivity index is 2.62. The lowest BCUT2D eigenvalue weighted by molar-refractivity contribution is -0.163. The summed E-state index contributed by atoms with van der Waals surface area (Å²) in [4.78, 5) is 12.0. The highest BCUT2D eigenvalue weighted by atomic mass is 19.4. The zero-order valence-corrected chi connectivity index (χ0v) is 8.42. The van der Waals surface area contributed by atoms with Crippen LogP contribution in [0.4, 0.5) is 13.2 Å². The normalized spacial score (nSPS) is 29.1. The molecule has 3 nitrogen and oxygen atoms in total. The number of rotatable bonds is 2. The third kappa shape index (κ3) is 3.37. The van der Waals surface area contributed by atoms with E-state index in [0.717, 1.165) is 0 Å². The summed E-state index contributed by atoms with van der Waals surface area (Å²) in [6.45, 7) is 0.853. The minimum Gasteiger partial charge on any atom is -0.481 e. The Morgan fingerprint density at radius 2 is 2.13 bits per heavy atom. The van der Waals surface area contributed by atoms with Crippen LogP contribution in [0.25, 0.3) is 0 Å². The minimum absolute atomic E-state index is 0.324. The van der Waals surface area contributed by atoms with Gasteiger partial charge in [0.2, 0.25) is 0 Å². The van der Waals surface area contributed by atoms with Gasteiger partial charge in [0.1, 0.15) is 0 Å². The van der Waals surface area contributed by atoms with Crippen LogP contribution in [0.5, 0.6) is 0 Å². The molecule has 0 bridgehead atoms. The van der Waals surface area contributed by atoms with E-state index in [2.05, 4.69) is 0 Å². The Labute approximate surface area is 85.9 Å². The fourth-order valence-electron chi connectivity index (χ4n) is 2.00. The molecule has 0 spiro atoms. The summed E-state index contributed by atoms with van der Waals surface area (Å²) in [6, 6.07) is -0.544. The van der Waals surface area contributed by atoms with Crippen molar-refractivity contribution in [3.63, 3.8) is 0 Å². The number of carbonyl (C=O) groups is 1. The number of halogens is 3. The van der Waals surface area contributed by atoms with E-state index in [1.165, 1.54) is 4.90 Å². The van der Waals surface area contributed by atoms with Crippen LogP contribution in [-0.4, -0.2) is 41.3 Å². The number of hydrogen-bond donors (Lipinski definition) is 1. The van der Waals surface area contributed by atoms with Crippen molar-refractivity contribution in [1.29, 1.82) is 0 Å². The van der Waals surface area contributed by atoms with Gasteiger partial charge in [-0.3, -0.25) is 9.69 Å². The first kappa shape index (κ1) is 12.3. The summed E-state index contributed by atoms with van der Waals surface area (Å²) in [6.07, 6.45) is -3.28. The SMILES string of the molecule is CC1C(C(=O)O)CCCN1CC(F)(F)F. The molecule has 88 valence electrons. The number of nitrogens with zero attached hydrogens (tertiary/aromatic N) is 1. The second-order valence-electron chi connectivity index (χ2n) is 3.91. The second kappa shape index (κ2) is 4.38. The molecule has 0 radical (unpaired) electrons. The third-order valence-electron chi connectivity index (χ3n) is 2.82. The average molecular weight is 225 g/mol. The minimum atomic E-state index is -4.26. The summed E-state index contributed by atoms with van der Waals surface area (Å²) < 4.78 is 36.5. The van der Waals surface area contributed by atoms with Crippen LogP contribution in [0.3, 0.4) is 0 Å². The molecule has 1 heterocycles. The molecule has 0 aromatic rings. The Bertz CT molecular complexity index is 242. The summed E-state index contributed by atoms with van der Waals surface area (Å²) in [5.74, 6) is -1.68. The maximum Gasteiger partial charge on any atom is 0.401 e. The van der Waals surface area contributed by atoms with Crippen molar-refractivity contribution in [2.24, 2.45) is 5.92 Å². The highest BCUT2D eigenvalue weighted by Crippen LogP contribution is 2.27. The number of carboxylic acid groups (broad SMARTS) is 1. The van der Waals surface area contributed by atoms with Crippen molar-refractivity contribution in [3.05, 3.63) is 0 Å². The van der Waals surface area contributed by atoms with E-state index < -0.39 is 30.7 Å². The first-order valence-electron chi connectivity index (χ1n) is 4.85. The predicted octanol–water partition coefficient (Wildman–Crippen LogP) is 1.73. The molecule has 1 saturated heterocycles. The molecule has 1 N–H and O–H groups in total. The summed E-state index contributed by atoms with van der Waals surface area (Å²) in [5.41, 5.74) is 0. The third-order valence-corrected chi connectivity index (χ3v) is 2.82. The first-order chi connectivity index (χ1) is 6.81. The molecule has 15 heavy (non-hydrogen) atoms. The molecule has 0 aromatic heterocycles. The van der Waals surface area contributed by atoms with Gasteiger partial charge in [-0.1, -0.05) is 0 Å². The van der Waals surface area contributed by atoms with Gasteiger partial charge in [-0.15, -0.1) is 0 Å². The van der Waals surface area contributed by atoms with Crippen molar-refractivity contribution in [2.45, 2.75) is 32.0 Å². The number of likely N-dealkylation sites (tertiary alicyclic amines) is 1. The van der Waals surface area contributed by atoms with Gasteiger partial charge in [0.25, 0.3) is 0 Å². The average Bonchev–Trinajstić information content (AvgIpc) is 2.05. The summed E-state index contributed by atoms with van der Waals surface area (Å²) >= 11 is 0. The molecule has 0 aliphatic carbocycles. The number of aliphatic carboxylic acids is 1.